The zero-order valence-electron chi connectivity index (χ0n) is 18.0. The minimum atomic E-state index is -1.28. The number of nitrogens with zero attached hydrogens (tertiary/aromatic N) is 2. The van der Waals surface area contributed by atoms with Crippen molar-refractivity contribution < 1.29 is 38.2 Å². The number of ether oxygens (including phenoxy) is 4. The standard InChI is InChI=1S/C19H30N2O8/c1-8-25-15(22)12-13(20-29-14(12)16(23)26-9-2)11-10-27-19(6,7)21(11)17(24)28-18(3,4)5/h11-12,14H,8-10H2,1-7H3/t11-,12+,14+/m0/s1. The number of carbonyl (C=O) groups is 3. The molecule has 0 N–H and O–H groups in total. The second-order valence-corrected chi connectivity index (χ2v) is 8.15. The van der Waals surface area contributed by atoms with Crippen LogP contribution in [0.15, 0.2) is 5.16 Å². The fraction of sp³-hybridized carbons (Fsp3) is 0.789. The van der Waals surface area contributed by atoms with Crippen LogP contribution in [0.4, 0.5) is 4.79 Å². The van der Waals surface area contributed by atoms with Crippen molar-refractivity contribution in [2.75, 3.05) is 19.8 Å². The van der Waals surface area contributed by atoms with Crippen molar-refractivity contribution in [3.05, 3.63) is 0 Å². The third-order valence-corrected chi connectivity index (χ3v) is 4.37. The van der Waals surface area contributed by atoms with Gasteiger partial charge in [-0.3, -0.25) is 9.69 Å². The Kier molecular flexibility index (Phi) is 6.77. The summed E-state index contributed by atoms with van der Waals surface area (Å²) in [5, 5.41) is 3.97. The number of hydrogen-bond acceptors (Lipinski definition) is 9. The quantitative estimate of drug-likeness (QED) is 0.495. The van der Waals surface area contributed by atoms with Gasteiger partial charge >= 0.3 is 18.0 Å². The van der Waals surface area contributed by atoms with Gasteiger partial charge in [0, 0.05) is 0 Å². The molecule has 1 saturated heterocycles. The lowest BCUT2D eigenvalue weighted by molar-refractivity contribution is -0.164. The summed E-state index contributed by atoms with van der Waals surface area (Å²) in [5.41, 5.74) is -1.59. The molecule has 2 aliphatic heterocycles. The van der Waals surface area contributed by atoms with Crippen molar-refractivity contribution in [1.82, 2.24) is 4.90 Å². The monoisotopic (exact) mass is 414 g/mol. The van der Waals surface area contributed by atoms with E-state index in [-0.39, 0.29) is 25.5 Å². The summed E-state index contributed by atoms with van der Waals surface area (Å²) < 4.78 is 21.4. The number of hydrogen-bond donors (Lipinski definition) is 0. The lowest BCUT2D eigenvalue weighted by Gasteiger charge is -2.35. The van der Waals surface area contributed by atoms with Crippen LogP contribution in [0.1, 0.15) is 48.5 Å². The van der Waals surface area contributed by atoms with E-state index in [2.05, 4.69) is 5.16 Å². The fourth-order valence-corrected chi connectivity index (χ4v) is 3.22. The Morgan fingerprint density at radius 3 is 2.28 bits per heavy atom. The van der Waals surface area contributed by atoms with Crippen molar-refractivity contribution in [2.45, 2.75) is 71.9 Å². The van der Waals surface area contributed by atoms with E-state index in [1.54, 1.807) is 48.5 Å². The van der Waals surface area contributed by atoms with Crippen molar-refractivity contribution in [2.24, 2.45) is 11.1 Å². The molecule has 0 aromatic carbocycles. The van der Waals surface area contributed by atoms with Gasteiger partial charge in [-0.1, -0.05) is 5.16 Å². The number of rotatable bonds is 5. The number of carbonyl (C=O) groups excluding carboxylic acids is 3. The van der Waals surface area contributed by atoms with Crippen molar-refractivity contribution in [3.8, 4) is 0 Å². The van der Waals surface area contributed by atoms with Gasteiger partial charge in [0.1, 0.15) is 23.1 Å². The van der Waals surface area contributed by atoms with Crippen LogP contribution in [0, 0.1) is 5.92 Å². The highest BCUT2D eigenvalue weighted by Gasteiger charge is 2.55. The highest BCUT2D eigenvalue weighted by Crippen LogP contribution is 2.35. The Bertz CT molecular complexity index is 682. The van der Waals surface area contributed by atoms with Crippen LogP contribution >= 0.6 is 0 Å². The van der Waals surface area contributed by atoms with E-state index < -0.39 is 47.4 Å². The summed E-state index contributed by atoms with van der Waals surface area (Å²) in [5.74, 6) is -2.57. The fourth-order valence-electron chi connectivity index (χ4n) is 3.22. The molecule has 10 heteroatoms. The summed E-state index contributed by atoms with van der Waals surface area (Å²) in [4.78, 5) is 44.4. The molecule has 0 bridgehead atoms. The Balaban J connectivity index is 2.36. The largest absolute Gasteiger partial charge is 0.465 e. The maximum absolute atomic E-state index is 12.9. The lowest BCUT2D eigenvalue weighted by Crippen LogP contribution is -2.54. The van der Waals surface area contributed by atoms with Gasteiger partial charge in [0.25, 0.3) is 0 Å². The summed E-state index contributed by atoms with van der Waals surface area (Å²) in [6.45, 7) is 12.2. The normalized spacial score (nSPS) is 25.8. The molecule has 0 radical (unpaired) electrons. The number of oxime groups is 1. The molecule has 0 aromatic heterocycles. The van der Waals surface area contributed by atoms with E-state index in [0.717, 1.165) is 0 Å². The van der Waals surface area contributed by atoms with E-state index in [9.17, 15) is 14.4 Å². The van der Waals surface area contributed by atoms with Crippen molar-refractivity contribution in [3.63, 3.8) is 0 Å². The van der Waals surface area contributed by atoms with E-state index in [1.807, 2.05) is 0 Å². The molecule has 0 aliphatic carbocycles. The lowest BCUT2D eigenvalue weighted by atomic mass is 9.92. The molecular weight excluding hydrogens is 384 g/mol. The van der Waals surface area contributed by atoms with Gasteiger partial charge in [0.2, 0.25) is 6.10 Å². The minimum Gasteiger partial charge on any atom is -0.465 e. The average Bonchev–Trinajstić information content (AvgIpc) is 3.14. The molecule has 164 valence electrons. The minimum absolute atomic E-state index is 0.0554. The van der Waals surface area contributed by atoms with Crippen LogP contribution in [0.3, 0.4) is 0 Å². The molecule has 0 spiro atoms. The maximum Gasteiger partial charge on any atom is 0.413 e. The van der Waals surface area contributed by atoms with Crippen LogP contribution in [0.25, 0.3) is 0 Å². The molecule has 0 saturated carbocycles. The van der Waals surface area contributed by atoms with E-state index in [4.69, 9.17) is 23.8 Å². The van der Waals surface area contributed by atoms with E-state index in [1.165, 1.54) is 4.90 Å². The first-order valence-electron chi connectivity index (χ1n) is 9.66. The summed E-state index contributed by atoms with van der Waals surface area (Å²) in [6, 6.07) is -0.770. The highest BCUT2D eigenvalue weighted by molar-refractivity contribution is 6.10. The van der Waals surface area contributed by atoms with Crippen molar-refractivity contribution >= 4 is 23.7 Å². The van der Waals surface area contributed by atoms with Gasteiger partial charge in [-0.25, -0.2) is 9.59 Å². The topological polar surface area (TPSA) is 113 Å². The van der Waals surface area contributed by atoms with Gasteiger partial charge in [-0.2, -0.15) is 0 Å². The van der Waals surface area contributed by atoms with E-state index in [0.29, 0.717) is 0 Å². The number of esters is 2. The first-order valence-corrected chi connectivity index (χ1v) is 9.66. The predicted molar refractivity (Wildman–Crippen MR) is 101 cm³/mol. The van der Waals surface area contributed by atoms with Gasteiger partial charge in [-0.15, -0.1) is 0 Å². The van der Waals surface area contributed by atoms with Gasteiger partial charge in [-0.05, 0) is 48.5 Å². The SMILES string of the molecule is CCOC(=O)[C@@H]1C([C@@H]2COC(C)(C)N2C(=O)OC(C)(C)C)=NO[C@H]1C(=O)OCC. The molecule has 2 aliphatic rings. The Morgan fingerprint density at radius 1 is 1.14 bits per heavy atom. The third-order valence-electron chi connectivity index (χ3n) is 4.37. The van der Waals surface area contributed by atoms with Crippen LogP contribution in [-0.4, -0.2) is 71.9 Å². The molecule has 2 rings (SSSR count). The third kappa shape index (κ3) is 4.98. The molecule has 1 fully saturated rings. The average molecular weight is 414 g/mol. The summed E-state index contributed by atoms with van der Waals surface area (Å²) in [6.07, 6.45) is -1.91. The summed E-state index contributed by atoms with van der Waals surface area (Å²) in [7, 11) is 0. The van der Waals surface area contributed by atoms with Crippen LogP contribution in [-0.2, 0) is 33.4 Å². The smallest absolute Gasteiger partial charge is 0.413 e. The van der Waals surface area contributed by atoms with Gasteiger partial charge in [0.15, 0.2) is 5.92 Å². The maximum atomic E-state index is 12.9. The summed E-state index contributed by atoms with van der Waals surface area (Å²) >= 11 is 0. The van der Waals surface area contributed by atoms with Gasteiger partial charge < -0.3 is 23.8 Å². The van der Waals surface area contributed by atoms with Crippen LogP contribution in [0.5, 0.6) is 0 Å². The molecule has 3 atom stereocenters. The second kappa shape index (κ2) is 8.56. The molecule has 2 heterocycles. The highest BCUT2D eigenvalue weighted by atomic mass is 16.7. The van der Waals surface area contributed by atoms with Gasteiger partial charge in [0.05, 0.1) is 19.8 Å². The second-order valence-electron chi connectivity index (χ2n) is 8.15. The Hall–Kier alpha value is -2.36. The first-order chi connectivity index (χ1) is 13.4. The molecule has 10 nitrogen and oxygen atoms in total. The van der Waals surface area contributed by atoms with Crippen LogP contribution in [0.2, 0.25) is 0 Å². The molecular formula is C19H30N2O8. The molecule has 29 heavy (non-hydrogen) atoms. The number of amides is 1. The molecule has 0 unspecified atom stereocenters. The zero-order chi connectivity index (χ0) is 22.0. The van der Waals surface area contributed by atoms with Crippen molar-refractivity contribution in [1.29, 1.82) is 0 Å². The molecule has 0 aromatic rings. The zero-order valence-corrected chi connectivity index (χ0v) is 18.0. The van der Waals surface area contributed by atoms with Crippen LogP contribution < -0.4 is 0 Å². The van der Waals surface area contributed by atoms with E-state index >= 15 is 0 Å². The predicted octanol–water partition coefficient (Wildman–Crippen LogP) is 1.86. The first kappa shape index (κ1) is 22.9. The Morgan fingerprint density at radius 2 is 1.72 bits per heavy atom. The Labute approximate surface area is 170 Å². The molecule has 1 amide bonds.